The van der Waals surface area contributed by atoms with E-state index in [1.807, 2.05) is 23.1 Å². The van der Waals surface area contributed by atoms with E-state index in [1.54, 1.807) is 30.3 Å². The molecule has 0 spiro atoms. The number of benzene rings is 2. The number of nitrogens with zero attached hydrogens (tertiary/aromatic N) is 3. The lowest BCUT2D eigenvalue weighted by Crippen LogP contribution is -2.33. The second kappa shape index (κ2) is 8.10. The van der Waals surface area contributed by atoms with Crippen LogP contribution < -0.4 is 0 Å². The van der Waals surface area contributed by atoms with Crippen molar-refractivity contribution in [1.29, 1.82) is 0 Å². The normalized spacial score (nSPS) is 14.0. The zero-order valence-electron chi connectivity index (χ0n) is 15.7. The summed E-state index contributed by atoms with van der Waals surface area (Å²) in [4.78, 5) is 18.1. The van der Waals surface area contributed by atoms with Crippen LogP contribution in [0, 0.1) is 0 Å². The van der Waals surface area contributed by atoms with E-state index in [9.17, 15) is 18.0 Å². The third kappa shape index (κ3) is 4.64. The second-order valence-corrected chi connectivity index (χ2v) is 7.55. The summed E-state index contributed by atoms with van der Waals surface area (Å²) >= 11 is 6.17. The number of hydrogen-bond donors (Lipinski definition) is 0. The largest absolute Gasteiger partial charge is 0.471 e. The van der Waals surface area contributed by atoms with Crippen molar-refractivity contribution in [2.24, 2.45) is 0 Å². The van der Waals surface area contributed by atoms with E-state index in [2.05, 4.69) is 14.7 Å². The number of halogens is 4. The molecule has 0 saturated heterocycles. The molecule has 9 heteroatoms. The molecule has 0 atom stereocenters. The Kier molecular flexibility index (Phi) is 5.51. The number of carbonyl (C=O) groups excluding carboxylic acids is 1. The van der Waals surface area contributed by atoms with E-state index in [-0.39, 0.29) is 24.2 Å². The van der Waals surface area contributed by atoms with Crippen molar-refractivity contribution in [3.63, 3.8) is 0 Å². The van der Waals surface area contributed by atoms with Crippen LogP contribution in [0.25, 0.3) is 11.4 Å². The van der Waals surface area contributed by atoms with Crippen LogP contribution in [0.2, 0.25) is 5.02 Å². The van der Waals surface area contributed by atoms with Crippen LogP contribution in [0.5, 0.6) is 0 Å². The molecule has 4 rings (SSSR count). The summed E-state index contributed by atoms with van der Waals surface area (Å²) in [5, 5.41) is 3.94. The molecule has 1 fully saturated rings. The minimum Gasteiger partial charge on any atom is -0.335 e. The summed E-state index contributed by atoms with van der Waals surface area (Å²) in [5.74, 6) is -1.53. The zero-order chi connectivity index (χ0) is 21.3. The molecule has 0 N–H and O–H groups in total. The molecule has 0 radical (unpaired) electrons. The Morgan fingerprint density at radius 3 is 2.43 bits per heavy atom. The molecule has 1 aliphatic carbocycles. The maximum absolute atomic E-state index is 12.9. The van der Waals surface area contributed by atoms with Crippen molar-refractivity contribution in [3.05, 3.63) is 70.6 Å². The maximum atomic E-state index is 12.9. The lowest BCUT2D eigenvalue weighted by Gasteiger charge is -2.23. The number of amides is 1. The molecule has 5 nitrogen and oxygen atoms in total. The summed E-state index contributed by atoms with van der Waals surface area (Å²) in [6, 6.07) is 14.2. The number of rotatable bonds is 6. The fourth-order valence-corrected chi connectivity index (χ4v) is 3.33. The molecule has 1 amide bonds. The summed E-state index contributed by atoms with van der Waals surface area (Å²) in [5.41, 5.74) is 2.04. The monoisotopic (exact) mass is 435 g/mol. The van der Waals surface area contributed by atoms with Crippen LogP contribution in [0.1, 0.15) is 29.9 Å². The van der Waals surface area contributed by atoms with Crippen LogP contribution in [0.4, 0.5) is 13.2 Å². The van der Waals surface area contributed by atoms with Gasteiger partial charge in [-0.05, 0) is 30.0 Å². The molecular weight excluding hydrogens is 419 g/mol. The second-order valence-electron chi connectivity index (χ2n) is 7.14. The Morgan fingerprint density at radius 2 is 1.83 bits per heavy atom. The molecule has 2 aromatic carbocycles. The van der Waals surface area contributed by atoms with E-state index in [0.29, 0.717) is 17.1 Å². The predicted molar refractivity (Wildman–Crippen MR) is 103 cm³/mol. The van der Waals surface area contributed by atoms with E-state index in [1.165, 1.54) is 0 Å². The molecule has 0 aliphatic heterocycles. The molecule has 1 aliphatic rings. The van der Waals surface area contributed by atoms with Gasteiger partial charge in [0, 0.05) is 23.2 Å². The summed E-state index contributed by atoms with van der Waals surface area (Å²) in [6.07, 6.45) is -2.56. The Morgan fingerprint density at radius 1 is 1.13 bits per heavy atom. The standard InChI is InChI=1S/C21H17ClF3N3O2/c22-17-4-2-1-3-15(17)11-18(29)28(16-9-10-16)12-13-5-7-14(8-6-13)19-26-20(30-27-19)21(23,24)25/h1-8,16H,9-12H2. The zero-order valence-corrected chi connectivity index (χ0v) is 16.5. The summed E-state index contributed by atoms with van der Waals surface area (Å²) in [6.45, 7) is 0.411. The van der Waals surface area contributed by atoms with Crippen molar-refractivity contribution >= 4 is 17.5 Å². The van der Waals surface area contributed by atoms with Crippen molar-refractivity contribution < 1.29 is 22.5 Å². The van der Waals surface area contributed by atoms with E-state index in [0.717, 1.165) is 24.0 Å². The van der Waals surface area contributed by atoms with Gasteiger partial charge in [0.05, 0.1) is 6.42 Å². The topological polar surface area (TPSA) is 59.2 Å². The Bertz CT molecular complexity index is 1050. The van der Waals surface area contributed by atoms with Crippen molar-refractivity contribution in [2.75, 3.05) is 0 Å². The first-order valence-corrected chi connectivity index (χ1v) is 9.72. The lowest BCUT2D eigenvalue weighted by molar-refractivity contribution is -0.159. The Labute approximate surface area is 175 Å². The van der Waals surface area contributed by atoms with Crippen LogP contribution in [-0.4, -0.2) is 27.0 Å². The van der Waals surface area contributed by atoms with Gasteiger partial charge in [0.1, 0.15) is 0 Å². The molecule has 30 heavy (non-hydrogen) atoms. The first-order chi connectivity index (χ1) is 14.3. The minimum absolute atomic E-state index is 0.0114. The fraction of sp³-hybridized carbons (Fsp3) is 0.286. The van der Waals surface area contributed by atoms with Gasteiger partial charge in [-0.1, -0.05) is 59.2 Å². The molecule has 3 aromatic rings. The molecule has 156 valence electrons. The third-order valence-corrected chi connectivity index (χ3v) is 5.21. The van der Waals surface area contributed by atoms with E-state index < -0.39 is 12.1 Å². The summed E-state index contributed by atoms with van der Waals surface area (Å²) in [7, 11) is 0. The fourth-order valence-electron chi connectivity index (χ4n) is 3.13. The van der Waals surface area contributed by atoms with Gasteiger partial charge in [0.25, 0.3) is 0 Å². The molecule has 0 bridgehead atoms. The van der Waals surface area contributed by atoms with Gasteiger partial charge in [-0.25, -0.2) is 0 Å². The van der Waals surface area contributed by atoms with Crippen molar-refractivity contribution in [3.8, 4) is 11.4 Å². The van der Waals surface area contributed by atoms with Gasteiger partial charge in [0.15, 0.2) is 0 Å². The van der Waals surface area contributed by atoms with Gasteiger partial charge in [-0.15, -0.1) is 0 Å². The number of alkyl halides is 3. The Balaban J connectivity index is 1.46. The quantitative estimate of drug-likeness (QED) is 0.537. The SMILES string of the molecule is O=C(Cc1ccccc1Cl)N(Cc1ccc(-c2noc(C(F)(F)F)n2)cc1)C1CC1. The van der Waals surface area contributed by atoms with Crippen LogP contribution in [0.3, 0.4) is 0 Å². The van der Waals surface area contributed by atoms with E-state index >= 15 is 0 Å². The average Bonchev–Trinajstić information content (AvgIpc) is 3.42. The lowest BCUT2D eigenvalue weighted by atomic mass is 10.1. The van der Waals surface area contributed by atoms with Crippen LogP contribution in [-0.2, 0) is 23.9 Å². The maximum Gasteiger partial charge on any atom is 0.471 e. The highest BCUT2D eigenvalue weighted by Gasteiger charge is 2.38. The van der Waals surface area contributed by atoms with Crippen LogP contribution >= 0.6 is 11.6 Å². The smallest absolute Gasteiger partial charge is 0.335 e. The van der Waals surface area contributed by atoms with Gasteiger partial charge in [-0.2, -0.15) is 18.2 Å². The van der Waals surface area contributed by atoms with Crippen molar-refractivity contribution in [1.82, 2.24) is 15.0 Å². The van der Waals surface area contributed by atoms with E-state index in [4.69, 9.17) is 11.6 Å². The third-order valence-electron chi connectivity index (χ3n) is 4.84. The van der Waals surface area contributed by atoms with Gasteiger partial charge in [-0.3, -0.25) is 4.79 Å². The summed E-state index contributed by atoms with van der Waals surface area (Å²) < 4.78 is 42.1. The van der Waals surface area contributed by atoms with Crippen LogP contribution in [0.15, 0.2) is 53.1 Å². The molecule has 1 saturated carbocycles. The number of aromatic nitrogens is 2. The Hall–Kier alpha value is -2.87. The molecule has 1 heterocycles. The van der Waals surface area contributed by atoms with Crippen molar-refractivity contribution in [2.45, 2.75) is 38.0 Å². The first kappa shape index (κ1) is 20.4. The highest BCUT2D eigenvalue weighted by Crippen LogP contribution is 2.31. The highest BCUT2D eigenvalue weighted by molar-refractivity contribution is 6.31. The van der Waals surface area contributed by atoms with Gasteiger partial charge < -0.3 is 9.42 Å². The number of hydrogen-bond acceptors (Lipinski definition) is 4. The molecular formula is C21H17ClF3N3O2. The molecule has 1 aromatic heterocycles. The molecule has 0 unspecified atom stereocenters. The predicted octanol–water partition coefficient (Wildman–Crippen LogP) is 5.14. The average molecular weight is 436 g/mol. The van der Waals surface area contributed by atoms with Gasteiger partial charge in [0.2, 0.25) is 11.7 Å². The minimum atomic E-state index is -4.68. The highest BCUT2D eigenvalue weighted by atomic mass is 35.5. The number of carbonyl (C=O) groups is 1. The van der Waals surface area contributed by atoms with Gasteiger partial charge >= 0.3 is 12.1 Å². The first-order valence-electron chi connectivity index (χ1n) is 9.34.